The maximum atomic E-state index is 13.0. The molecule has 0 unspecified atom stereocenters. The molecule has 2 aliphatic rings. The maximum Gasteiger partial charge on any atom is 0.353 e. The van der Waals surface area contributed by atoms with Crippen LogP contribution >= 0.6 is 0 Å². The van der Waals surface area contributed by atoms with Gasteiger partial charge in [0, 0.05) is 24.2 Å². The van der Waals surface area contributed by atoms with Gasteiger partial charge in [0.2, 0.25) is 0 Å². The van der Waals surface area contributed by atoms with Crippen LogP contribution in [-0.4, -0.2) is 66.9 Å². The minimum atomic E-state index is -0.792. The molecule has 2 heterocycles. The summed E-state index contributed by atoms with van der Waals surface area (Å²) >= 11 is 0. The molecule has 9 nitrogen and oxygen atoms in total. The second-order valence-electron chi connectivity index (χ2n) is 8.08. The first-order chi connectivity index (χ1) is 16.8. The van der Waals surface area contributed by atoms with Gasteiger partial charge in [0.05, 0.1) is 26.9 Å². The fourth-order valence-corrected chi connectivity index (χ4v) is 4.07. The first-order valence-corrected chi connectivity index (χ1v) is 11.0. The molecule has 35 heavy (non-hydrogen) atoms. The van der Waals surface area contributed by atoms with Crippen LogP contribution in [0.2, 0.25) is 0 Å². The fraction of sp³-hybridized carbons (Fsp3) is 0.231. The number of ether oxygens (including phenoxy) is 2. The van der Waals surface area contributed by atoms with Gasteiger partial charge in [-0.2, -0.15) is 0 Å². The van der Waals surface area contributed by atoms with E-state index in [0.717, 1.165) is 16.7 Å². The van der Waals surface area contributed by atoms with Gasteiger partial charge >= 0.3 is 5.97 Å². The van der Waals surface area contributed by atoms with Crippen molar-refractivity contribution < 1.29 is 28.7 Å². The zero-order chi connectivity index (χ0) is 25.1. The monoisotopic (exact) mass is 475 g/mol. The Kier molecular flexibility index (Phi) is 6.79. The van der Waals surface area contributed by atoms with E-state index >= 15 is 0 Å². The number of hydrogen-bond donors (Lipinski definition) is 1. The van der Waals surface area contributed by atoms with Crippen molar-refractivity contribution in [2.45, 2.75) is 6.54 Å². The molecule has 2 aromatic rings. The van der Waals surface area contributed by atoms with Crippen molar-refractivity contribution in [3.8, 4) is 11.1 Å². The molecule has 2 aliphatic heterocycles. The van der Waals surface area contributed by atoms with Crippen molar-refractivity contribution in [3.05, 3.63) is 83.7 Å². The average Bonchev–Trinajstić information content (AvgIpc) is 3.24. The molecule has 1 N–H and O–H groups in total. The van der Waals surface area contributed by atoms with Crippen molar-refractivity contribution in [2.24, 2.45) is 0 Å². The number of carbonyl (C=O) groups is 4. The Balaban J connectivity index is 1.53. The minimum absolute atomic E-state index is 0.0460. The van der Waals surface area contributed by atoms with Crippen molar-refractivity contribution in [3.63, 3.8) is 0 Å². The first kappa shape index (κ1) is 23.9. The second kappa shape index (κ2) is 9.94. The number of methoxy groups -OCH3 is 1. The van der Waals surface area contributed by atoms with Gasteiger partial charge in [-0.15, -0.1) is 0 Å². The van der Waals surface area contributed by atoms with Crippen LogP contribution in [0, 0.1) is 0 Å². The van der Waals surface area contributed by atoms with Crippen molar-refractivity contribution in [2.75, 3.05) is 33.4 Å². The molecule has 180 valence electrons. The molecule has 0 radical (unpaired) electrons. The zero-order valence-electron chi connectivity index (χ0n) is 19.3. The largest absolute Gasteiger partial charge is 0.464 e. The summed E-state index contributed by atoms with van der Waals surface area (Å²) in [6.45, 7) is 9.52. The summed E-state index contributed by atoms with van der Waals surface area (Å²) in [6, 6.07) is 12.6. The number of benzene rings is 2. The molecule has 1 fully saturated rings. The summed E-state index contributed by atoms with van der Waals surface area (Å²) in [5, 5.41) is 2.30. The van der Waals surface area contributed by atoms with Gasteiger partial charge in [0.25, 0.3) is 17.7 Å². The Hall–Kier alpha value is -4.24. The highest BCUT2D eigenvalue weighted by Gasteiger charge is 2.33. The van der Waals surface area contributed by atoms with E-state index in [0.29, 0.717) is 37.4 Å². The van der Waals surface area contributed by atoms with Crippen LogP contribution in [0.5, 0.6) is 0 Å². The van der Waals surface area contributed by atoms with Crippen LogP contribution in [0.3, 0.4) is 0 Å². The first-order valence-electron chi connectivity index (χ1n) is 11.0. The third-order valence-electron chi connectivity index (χ3n) is 5.99. The van der Waals surface area contributed by atoms with E-state index in [1.54, 1.807) is 29.2 Å². The molecule has 4 rings (SSSR count). The van der Waals surface area contributed by atoms with E-state index in [1.165, 1.54) is 12.0 Å². The van der Waals surface area contributed by atoms with E-state index < -0.39 is 11.9 Å². The van der Waals surface area contributed by atoms with Crippen molar-refractivity contribution in [1.82, 2.24) is 15.1 Å². The van der Waals surface area contributed by atoms with Crippen LogP contribution in [-0.2, 0) is 25.6 Å². The van der Waals surface area contributed by atoms with Gasteiger partial charge in [-0.1, -0.05) is 37.4 Å². The number of amides is 3. The SMILES string of the molecule is C=C(NC(=O)C(=C)N1Cc2c(cccc2-c2ccc(C(=O)N3CCOCC3)cc2)C1=O)C(=O)OC. The standard InChI is InChI=1S/C26H25N3O6/c1-16(26(33)34-3)27-23(30)17(2)29-15-22-20(5-4-6-21(22)25(29)32)18-7-9-19(10-8-18)24(31)28-11-13-35-14-12-28/h4-10H,1-2,11-15H2,3H3,(H,27,30). The Bertz CT molecular complexity index is 1230. The van der Waals surface area contributed by atoms with E-state index in [4.69, 9.17) is 4.74 Å². The van der Waals surface area contributed by atoms with Crippen LogP contribution in [0.1, 0.15) is 26.3 Å². The smallest absolute Gasteiger partial charge is 0.353 e. The number of morpholine rings is 1. The highest BCUT2D eigenvalue weighted by Crippen LogP contribution is 2.34. The van der Waals surface area contributed by atoms with Gasteiger partial charge in [0.15, 0.2) is 0 Å². The number of esters is 1. The number of rotatable bonds is 6. The summed E-state index contributed by atoms with van der Waals surface area (Å²) in [6.07, 6.45) is 0. The molecule has 0 saturated carbocycles. The fourth-order valence-electron chi connectivity index (χ4n) is 4.07. The third kappa shape index (κ3) is 4.71. The van der Waals surface area contributed by atoms with Gasteiger partial charge in [0.1, 0.15) is 11.4 Å². The molecular formula is C26H25N3O6. The third-order valence-corrected chi connectivity index (χ3v) is 5.99. The Morgan fingerprint density at radius 2 is 1.66 bits per heavy atom. The lowest BCUT2D eigenvalue weighted by molar-refractivity contribution is -0.137. The number of fused-ring (bicyclic) bond motifs is 1. The van der Waals surface area contributed by atoms with Crippen molar-refractivity contribution in [1.29, 1.82) is 0 Å². The Morgan fingerprint density at radius 3 is 2.31 bits per heavy atom. The zero-order valence-corrected chi connectivity index (χ0v) is 19.3. The van der Waals surface area contributed by atoms with Crippen LogP contribution in [0.25, 0.3) is 11.1 Å². The molecule has 3 amide bonds. The van der Waals surface area contributed by atoms with Gasteiger partial charge < -0.3 is 19.7 Å². The normalized spacial score (nSPS) is 14.8. The van der Waals surface area contributed by atoms with Crippen molar-refractivity contribution >= 4 is 23.7 Å². The molecule has 1 saturated heterocycles. The summed E-state index contributed by atoms with van der Waals surface area (Å²) < 4.78 is 9.83. The summed E-state index contributed by atoms with van der Waals surface area (Å²) in [5.41, 5.74) is 3.06. The summed E-state index contributed by atoms with van der Waals surface area (Å²) in [5.74, 6) is -1.94. The lowest BCUT2D eigenvalue weighted by Gasteiger charge is -2.26. The topological polar surface area (TPSA) is 105 Å². The molecule has 0 bridgehead atoms. The van der Waals surface area contributed by atoms with E-state index in [-0.39, 0.29) is 29.8 Å². The lowest BCUT2D eigenvalue weighted by Crippen LogP contribution is -2.40. The molecule has 0 spiro atoms. The number of nitrogens with zero attached hydrogens (tertiary/aromatic N) is 2. The second-order valence-corrected chi connectivity index (χ2v) is 8.08. The predicted molar refractivity (Wildman–Crippen MR) is 127 cm³/mol. The number of hydrogen-bond acceptors (Lipinski definition) is 6. The summed E-state index contributed by atoms with van der Waals surface area (Å²) in [4.78, 5) is 52.8. The highest BCUT2D eigenvalue weighted by atomic mass is 16.5. The molecular weight excluding hydrogens is 450 g/mol. The number of carbonyl (C=O) groups excluding carboxylic acids is 4. The van der Waals surface area contributed by atoms with E-state index in [9.17, 15) is 19.2 Å². The molecule has 2 aromatic carbocycles. The molecule has 0 aromatic heterocycles. The lowest BCUT2D eigenvalue weighted by atomic mass is 9.96. The Labute approximate surface area is 202 Å². The van der Waals surface area contributed by atoms with Gasteiger partial charge in [-0.3, -0.25) is 19.3 Å². The van der Waals surface area contributed by atoms with Crippen LogP contribution in [0.15, 0.2) is 67.0 Å². The van der Waals surface area contributed by atoms with E-state index in [2.05, 4.69) is 23.2 Å². The minimum Gasteiger partial charge on any atom is -0.464 e. The highest BCUT2D eigenvalue weighted by molar-refractivity contribution is 6.08. The number of nitrogens with one attached hydrogen (secondary N) is 1. The van der Waals surface area contributed by atoms with Crippen LogP contribution in [0.4, 0.5) is 0 Å². The average molecular weight is 476 g/mol. The summed E-state index contributed by atoms with van der Waals surface area (Å²) in [7, 11) is 1.17. The molecule has 0 aliphatic carbocycles. The van der Waals surface area contributed by atoms with Gasteiger partial charge in [-0.05, 0) is 34.9 Å². The Morgan fingerprint density at radius 1 is 1.00 bits per heavy atom. The molecule has 0 atom stereocenters. The van der Waals surface area contributed by atoms with Gasteiger partial charge in [-0.25, -0.2) is 4.79 Å². The predicted octanol–water partition coefficient (Wildman–Crippen LogP) is 2.10. The maximum absolute atomic E-state index is 13.0. The van der Waals surface area contributed by atoms with Crippen LogP contribution < -0.4 is 5.32 Å². The molecule has 9 heteroatoms. The van der Waals surface area contributed by atoms with E-state index in [1.807, 2.05) is 18.2 Å². The quantitative estimate of drug-likeness (QED) is 0.507.